The van der Waals surface area contributed by atoms with Crippen molar-refractivity contribution in [2.75, 3.05) is 12.0 Å². The van der Waals surface area contributed by atoms with Crippen molar-refractivity contribution in [1.82, 2.24) is 4.98 Å². The minimum Gasteiger partial charge on any atom is -0.462 e. The highest BCUT2D eigenvalue weighted by molar-refractivity contribution is 9.10. The van der Waals surface area contributed by atoms with Crippen molar-refractivity contribution >= 4 is 38.5 Å². The van der Waals surface area contributed by atoms with Crippen LogP contribution in [0, 0.1) is 13.8 Å². The van der Waals surface area contributed by atoms with Crippen molar-refractivity contribution < 1.29 is 9.53 Å². The molecule has 3 N–H and O–H groups in total. The number of anilines is 1. The van der Waals surface area contributed by atoms with Gasteiger partial charge < -0.3 is 10.2 Å². The summed E-state index contributed by atoms with van der Waals surface area (Å²) in [5.41, 5.74) is 6.31. The third-order valence-electron chi connectivity index (χ3n) is 3.15. The number of carbonyl (C=O) groups is 1. The molecule has 0 aliphatic heterocycles. The number of ether oxygens (including phenoxy) is 1. The lowest BCUT2D eigenvalue weighted by Gasteiger charge is -2.15. The minimum absolute atomic E-state index is 0.303. The molecule has 5 nitrogen and oxygen atoms in total. The first-order valence-corrected chi connectivity index (χ1v) is 7.02. The summed E-state index contributed by atoms with van der Waals surface area (Å²) in [5.74, 6) is 5.17. The number of aryl methyl sites for hydroxylation is 2. The number of nitrogens with two attached hydrogens (primary N) is 1. The van der Waals surface area contributed by atoms with Crippen LogP contribution < -0.4 is 11.3 Å². The number of benzene rings is 1. The lowest BCUT2D eigenvalue weighted by molar-refractivity contribution is 0.0527. The second-order valence-corrected chi connectivity index (χ2v) is 5.23. The number of halogens is 1. The topological polar surface area (TPSA) is 77.2 Å². The van der Waals surface area contributed by atoms with E-state index in [2.05, 4.69) is 26.3 Å². The molecule has 0 bridgehead atoms. The molecule has 6 heteroatoms. The van der Waals surface area contributed by atoms with Crippen LogP contribution in [0.25, 0.3) is 10.9 Å². The van der Waals surface area contributed by atoms with Gasteiger partial charge in [0.1, 0.15) is 5.56 Å². The Hall–Kier alpha value is -1.66. The van der Waals surface area contributed by atoms with Gasteiger partial charge in [0.2, 0.25) is 0 Å². The molecule has 20 heavy (non-hydrogen) atoms. The first-order valence-electron chi connectivity index (χ1n) is 6.23. The Morgan fingerprint density at radius 3 is 2.80 bits per heavy atom. The summed E-state index contributed by atoms with van der Waals surface area (Å²) in [6.07, 6.45) is 1.49. The van der Waals surface area contributed by atoms with Gasteiger partial charge >= 0.3 is 5.97 Å². The molecule has 0 fully saturated rings. The highest BCUT2D eigenvalue weighted by Crippen LogP contribution is 2.34. The van der Waals surface area contributed by atoms with E-state index in [0.717, 1.165) is 26.5 Å². The molecule has 2 rings (SSSR count). The molecule has 0 spiro atoms. The van der Waals surface area contributed by atoms with Crippen molar-refractivity contribution in [3.63, 3.8) is 0 Å². The molecule has 0 aliphatic rings. The van der Waals surface area contributed by atoms with Crippen LogP contribution in [0.4, 0.5) is 5.69 Å². The van der Waals surface area contributed by atoms with Gasteiger partial charge in [-0.2, -0.15) is 0 Å². The van der Waals surface area contributed by atoms with Crippen LogP contribution in [0.5, 0.6) is 0 Å². The first kappa shape index (κ1) is 14.7. The van der Waals surface area contributed by atoms with Gasteiger partial charge in [0, 0.05) is 16.1 Å². The predicted octanol–water partition coefficient (Wildman–Crippen LogP) is 3.08. The molecule has 0 saturated heterocycles. The molecule has 1 aromatic heterocycles. The number of hydrazine groups is 1. The van der Waals surface area contributed by atoms with E-state index in [9.17, 15) is 4.79 Å². The average Bonchev–Trinajstić information content (AvgIpc) is 2.43. The van der Waals surface area contributed by atoms with Gasteiger partial charge in [0.25, 0.3) is 0 Å². The normalized spacial score (nSPS) is 10.7. The molecule has 0 unspecified atom stereocenters. The molecule has 106 valence electrons. The maximum atomic E-state index is 12.0. The zero-order valence-corrected chi connectivity index (χ0v) is 13.2. The lowest BCUT2D eigenvalue weighted by atomic mass is 10.0. The fourth-order valence-corrected chi connectivity index (χ4v) is 2.52. The summed E-state index contributed by atoms with van der Waals surface area (Å²) in [4.78, 5) is 16.3. The summed E-state index contributed by atoms with van der Waals surface area (Å²) >= 11 is 3.54. The molecule has 0 amide bonds. The molecular formula is C14H16BrN3O2. The summed E-state index contributed by atoms with van der Waals surface area (Å²) in [6, 6.07) is 1.95. The van der Waals surface area contributed by atoms with Gasteiger partial charge in [-0.25, -0.2) is 4.79 Å². The Morgan fingerprint density at radius 1 is 1.50 bits per heavy atom. The summed E-state index contributed by atoms with van der Waals surface area (Å²) in [7, 11) is 0. The van der Waals surface area contributed by atoms with E-state index in [1.807, 2.05) is 19.9 Å². The maximum absolute atomic E-state index is 12.0. The first-order chi connectivity index (χ1) is 9.51. The minimum atomic E-state index is -0.439. The van der Waals surface area contributed by atoms with Gasteiger partial charge in [-0.1, -0.05) is 15.9 Å². The zero-order chi connectivity index (χ0) is 14.9. The van der Waals surface area contributed by atoms with Crippen LogP contribution in [-0.4, -0.2) is 17.6 Å². The number of carbonyl (C=O) groups excluding carboxylic acids is 1. The van der Waals surface area contributed by atoms with Crippen LogP contribution in [0.1, 0.15) is 28.4 Å². The maximum Gasteiger partial charge on any atom is 0.341 e. The number of nitrogens with zero attached hydrogens (tertiary/aromatic N) is 1. The van der Waals surface area contributed by atoms with E-state index in [0.29, 0.717) is 17.9 Å². The average molecular weight is 338 g/mol. The number of fused-ring (bicyclic) bond motifs is 1. The number of esters is 1. The van der Waals surface area contributed by atoms with Crippen molar-refractivity contribution in [2.45, 2.75) is 20.8 Å². The number of rotatable bonds is 3. The van der Waals surface area contributed by atoms with E-state index in [1.54, 1.807) is 6.92 Å². The monoisotopic (exact) mass is 337 g/mol. The second kappa shape index (κ2) is 5.76. The van der Waals surface area contributed by atoms with Gasteiger partial charge in [0.05, 0.1) is 17.8 Å². The molecule has 0 radical (unpaired) electrons. The van der Waals surface area contributed by atoms with Crippen LogP contribution in [-0.2, 0) is 4.74 Å². The van der Waals surface area contributed by atoms with Gasteiger partial charge in [-0.3, -0.25) is 10.8 Å². The third-order valence-corrected chi connectivity index (χ3v) is 4.37. The number of pyridine rings is 1. The van der Waals surface area contributed by atoms with Crippen LogP contribution in [0.15, 0.2) is 16.7 Å². The summed E-state index contributed by atoms with van der Waals surface area (Å²) in [6.45, 7) is 6.01. The second-order valence-electron chi connectivity index (χ2n) is 4.44. The number of hydrogen-bond acceptors (Lipinski definition) is 5. The molecule has 0 saturated carbocycles. The SMILES string of the molecule is CCOC(=O)c1cnc2cc(C)c(Br)c(C)c2c1NN. The van der Waals surface area contributed by atoms with Crippen LogP contribution >= 0.6 is 15.9 Å². The fraction of sp³-hybridized carbons (Fsp3) is 0.286. The number of aromatic nitrogens is 1. The Kier molecular flexibility index (Phi) is 4.25. The fourth-order valence-electron chi connectivity index (χ4n) is 2.20. The van der Waals surface area contributed by atoms with Crippen molar-refractivity contribution in [3.05, 3.63) is 33.4 Å². The number of hydrogen-bond donors (Lipinski definition) is 2. The van der Waals surface area contributed by atoms with Crippen molar-refractivity contribution in [2.24, 2.45) is 5.84 Å². The van der Waals surface area contributed by atoms with E-state index in [4.69, 9.17) is 10.6 Å². The third kappa shape index (κ3) is 2.36. The largest absolute Gasteiger partial charge is 0.462 e. The van der Waals surface area contributed by atoms with Crippen LogP contribution in [0.3, 0.4) is 0 Å². The molecule has 1 aromatic carbocycles. The number of nitrogens with one attached hydrogen (secondary N) is 1. The molecule has 0 atom stereocenters. The quantitative estimate of drug-likeness (QED) is 0.511. The summed E-state index contributed by atoms with van der Waals surface area (Å²) < 4.78 is 6.00. The van der Waals surface area contributed by atoms with Gasteiger partial charge in [-0.15, -0.1) is 0 Å². The zero-order valence-electron chi connectivity index (χ0n) is 11.6. The predicted molar refractivity (Wildman–Crippen MR) is 82.7 cm³/mol. The molecule has 1 heterocycles. The van der Waals surface area contributed by atoms with Gasteiger partial charge in [-0.05, 0) is 38.0 Å². The molecule has 2 aromatic rings. The number of nitrogen functional groups attached to an aromatic ring is 1. The van der Waals surface area contributed by atoms with Crippen molar-refractivity contribution in [3.8, 4) is 0 Å². The van der Waals surface area contributed by atoms with E-state index < -0.39 is 5.97 Å². The Balaban J connectivity index is 2.79. The Bertz CT molecular complexity index is 686. The Morgan fingerprint density at radius 2 is 2.20 bits per heavy atom. The van der Waals surface area contributed by atoms with Crippen LogP contribution in [0.2, 0.25) is 0 Å². The van der Waals surface area contributed by atoms with Gasteiger partial charge in [0.15, 0.2) is 0 Å². The molecular weight excluding hydrogens is 322 g/mol. The molecule has 0 aliphatic carbocycles. The van der Waals surface area contributed by atoms with Crippen molar-refractivity contribution in [1.29, 1.82) is 0 Å². The van der Waals surface area contributed by atoms with E-state index >= 15 is 0 Å². The lowest BCUT2D eigenvalue weighted by Crippen LogP contribution is -2.15. The van der Waals surface area contributed by atoms with E-state index in [-0.39, 0.29) is 0 Å². The highest BCUT2D eigenvalue weighted by Gasteiger charge is 2.18. The highest BCUT2D eigenvalue weighted by atomic mass is 79.9. The standard InChI is InChI=1S/C14H16BrN3O2/c1-4-20-14(19)9-6-17-10-5-7(2)12(15)8(3)11(10)13(9)18-16/h5-6H,4,16H2,1-3H3,(H,17,18). The Labute approximate surface area is 125 Å². The van der Waals surface area contributed by atoms with E-state index in [1.165, 1.54) is 6.20 Å². The summed E-state index contributed by atoms with van der Waals surface area (Å²) in [5, 5.41) is 0.815. The smallest absolute Gasteiger partial charge is 0.341 e.